The van der Waals surface area contributed by atoms with Crippen LogP contribution in [0.5, 0.6) is 0 Å². The summed E-state index contributed by atoms with van der Waals surface area (Å²) in [6.45, 7) is 6.52. The quantitative estimate of drug-likeness (QED) is 0.773. The van der Waals surface area contributed by atoms with E-state index in [1.54, 1.807) is 0 Å². The predicted octanol–water partition coefficient (Wildman–Crippen LogP) is 2.06. The van der Waals surface area contributed by atoms with Gasteiger partial charge in [0.15, 0.2) is 0 Å². The number of rotatable bonds is 3. The third-order valence-electron chi connectivity index (χ3n) is 6.09. The zero-order valence-electron chi connectivity index (χ0n) is 13.1. The van der Waals surface area contributed by atoms with E-state index in [0.717, 1.165) is 17.8 Å². The van der Waals surface area contributed by atoms with E-state index in [2.05, 4.69) is 42.3 Å². The molecule has 3 nitrogen and oxygen atoms in total. The molecule has 20 heavy (non-hydrogen) atoms. The van der Waals surface area contributed by atoms with Crippen LogP contribution in [0.2, 0.25) is 0 Å². The lowest BCUT2D eigenvalue weighted by Crippen LogP contribution is -2.51. The molecule has 2 heterocycles. The Bertz CT molecular complexity index is 341. The SMILES string of the molecule is C=CC1C[C@H](C2CNC3NCCC3C2)CCC1N(C)C. The van der Waals surface area contributed by atoms with Crippen molar-refractivity contribution in [2.45, 2.75) is 44.3 Å². The van der Waals surface area contributed by atoms with E-state index < -0.39 is 0 Å². The molecule has 0 spiro atoms. The summed E-state index contributed by atoms with van der Waals surface area (Å²) in [4.78, 5) is 2.40. The first-order valence-corrected chi connectivity index (χ1v) is 8.44. The minimum atomic E-state index is 0.611. The van der Waals surface area contributed by atoms with Gasteiger partial charge in [-0.25, -0.2) is 0 Å². The minimum absolute atomic E-state index is 0.611. The average molecular weight is 277 g/mol. The molecule has 3 aliphatic rings. The highest BCUT2D eigenvalue weighted by molar-refractivity contribution is 4.98. The molecule has 3 rings (SSSR count). The summed E-state index contributed by atoms with van der Waals surface area (Å²) >= 11 is 0. The van der Waals surface area contributed by atoms with E-state index in [-0.39, 0.29) is 0 Å². The molecule has 114 valence electrons. The van der Waals surface area contributed by atoms with Gasteiger partial charge in [-0.3, -0.25) is 0 Å². The number of fused-ring (bicyclic) bond motifs is 1. The molecule has 2 aliphatic heterocycles. The monoisotopic (exact) mass is 277 g/mol. The van der Waals surface area contributed by atoms with Crippen molar-refractivity contribution in [1.82, 2.24) is 15.5 Å². The molecular formula is C17H31N3. The van der Waals surface area contributed by atoms with Gasteiger partial charge >= 0.3 is 0 Å². The van der Waals surface area contributed by atoms with Gasteiger partial charge in [0.05, 0.1) is 6.17 Å². The van der Waals surface area contributed by atoms with Gasteiger partial charge in [-0.2, -0.15) is 0 Å². The first kappa shape index (κ1) is 14.6. The van der Waals surface area contributed by atoms with Crippen molar-refractivity contribution >= 4 is 0 Å². The van der Waals surface area contributed by atoms with Crippen molar-refractivity contribution in [3.63, 3.8) is 0 Å². The van der Waals surface area contributed by atoms with Crippen molar-refractivity contribution < 1.29 is 0 Å². The Labute approximate surface area is 124 Å². The number of nitrogens with zero attached hydrogens (tertiary/aromatic N) is 1. The Hall–Kier alpha value is -0.380. The lowest BCUT2D eigenvalue weighted by Gasteiger charge is -2.44. The smallest absolute Gasteiger partial charge is 0.0601 e. The highest BCUT2D eigenvalue weighted by atomic mass is 15.2. The molecule has 6 atom stereocenters. The molecule has 0 amide bonds. The van der Waals surface area contributed by atoms with E-state index in [1.165, 1.54) is 45.2 Å². The van der Waals surface area contributed by atoms with Crippen LogP contribution >= 0.6 is 0 Å². The second kappa shape index (κ2) is 6.17. The molecule has 1 aliphatic carbocycles. The number of hydrogen-bond donors (Lipinski definition) is 2. The normalized spacial score (nSPS) is 45.4. The summed E-state index contributed by atoms with van der Waals surface area (Å²) in [5.74, 6) is 3.36. The fourth-order valence-corrected chi connectivity index (χ4v) is 4.91. The summed E-state index contributed by atoms with van der Waals surface area (Å²) in [5, 5.41) is 7.34. The Morgan fingerprint density at radius 2 is 1.85 bits per heavy atom. The van der Waals surface area contributed by atoms with Crippen LogP contribution in [0.1, 0.15) is 32.1 Å². The predicted molar refractivity (Wildman–Crippen MR) is 84.5 cm³/mol. The van der Waals surface area contributed by atoms with Crippen molar-refractivity contribution in [2.75, 3.05) is 27.2 Å². The molecule has 5 unspecified atom stereocenters. The lowest BCUT2D eigenvalue weighted by molar-refractivity contribution is 0.0908. The summed E-state index contributed by atoms with van der Waals surface area (Å²) in [7, 11) is 4.44. The van der Waals surface area contributed by atoms with Crippen LogP contribution in [0.4, 0.5) is 0 Å². The molecule has 0 radical (unpaired) electrons. The summed E-state index contributed by atoms with van der Waals surface area (Å²) in [6.07, 6.45) is 9.73. The summed E-state index contributed by atoms with van der Waals surface area (Å²) < 4.78 is 0. The van der Waals surface area contributed by atoms with E-state index in [9.17, 15) is 0 Å². The second-order valence-corrected chi connectivity index (χ2v) is 7.39. The van der Waals surface area contributed by atoms with Crippen molar-refractivity contribution in [2.24, 2.45) is 23.7 Å². The first-order chi connectivity index (χ1) is 9.69. The van der Waals surface area contributed by atoms with E-state index in [0.29, 0.717) is 18.1 Å². The molecule has 3 fully saturated rings. The molecule has 3 heteroatoms. The lowest BCUT2D eigenvalue weighted by atomic mass is 9.69. The molecular weight excluding hydrogens is 246 g/mol. The highest BCUT2D eigenvalue weighted by Crippen LogP contribution is 2.40. The van der Waals surface area contributed by atoms with Crippen molar-refractivity contribution in [3.8, 4) is 0 Å². The van der Waals surface area contributed by atoms with Gasteiger partial charge in [0.25, 0.3) is 0 Å². The van der Waals surface area contributed by atoms with Crippen LogP contribution in [0.15, 0.2) is 12.7 Å². The van der Waals surface area contributed by atoms with Gasteiger partial charge in [-0.15, -0.1) is 6.58 Å². The highest BCUT2D eigenvalue weighted by Gasteiger charge is 2.39. The number of hydrogen-bond acceptors (Lipinski definition) is 3. The molecule has 0 bridgehead atoms. The van der Waals surface area contributed by atoms with Crippen LogP contribution in [-0.2, 0) is 0 Å². The van der Waals surface area contributed by atoms with Gasteiger partial charge in [0, 0.05) is 6.04 Å². The van der Waals surface area contributed by atoms with Gasteiger partial charge in [0.1, 0.15) is 0 Å². The Morgan fingerprint density at radius 3 is 2.60 bits per heavy atom. The molecule has 0 aromatic carbocycles. The van der Waals surface area contributed by atoms with Crippen LogP contribution < -0.4 is 10.6 Å². The number of piperidine rings is 1. The van der Waals surface area contributed by atoms with E-state index in [4.69, 9.17) is 0 Å². The molecule has 0 aromatic heterocycles. The Kier molecular flexibility index (Phi) is 4.49. The first-order valence-electron chi connectivity index (χ1n) is 8.44. The standard InChI is InChI=1S/C17H31N3/c1-4-12-9-13(5-6-16(12)20(2)3)15-10-14-7-8-18-17(14)19-11-15/h4,12-19H,1,5-11H2,2-3H3/t12?,13-,14?,15?,16?,17?/m1/s1. The molecule has 2 N–H and O–H groups in total. The zero-order valence-corrected chi connectivity index (χ0v) is 13.1. The van der Waals surface area contributed by atoms with Gasteiger partial charge in [-0.1, -0.05) is 6.08 Å². The second-order valence-electron chi connectivity index (χ2n) is 7.39. The Balaban J connectivity index is 1.59. The minimum Gasteiger partial charge on any atom is -0.306 e. The maximum absolute atomic E-state index is 4.10. The number of nitrogens with one attached hydrogen (secondary N) is 2. The van der Waals surface area contributed by atoms with E-state index >= 15 is 0 Å². The van der Waals surface area contributed by atoms with E-state index in [1.807, 2.05) is 0 Å². The van der Waals surface area contributed by atoms with Gasteiger partial charge in [0.2, 0.25) is 0 Å². The third-order valence-corrected chi connectivity index (χ3v) is 6.09. The van der Waals surface area contributed by atoms with Crippen LogP contribution in [-0.4, -0.2) is 44.3 Å². The van der Waals surface area contributed by atoms with Crippen LogP contribution in [0, 0.1) is 23.7 Å². The van der Waals surface area contributed by atoms with Gasteiger partial charge < -0.3 is 15.5 Å². The largest absolute Gasteiger partial charge is 0.306 e. The van der Waals surface area contributed by atoms with Gasteiger partial charge in [-0.05, 0) is 83.0 Å². The maximum atomic E-state index is 4.10. The van der Waals surface area contributed by atoms with Crippen molar-refractivity contribution in [1.29, 1.82) is 0 Å². The topological polar surface area (TPSA) is 27.3 Å². The average Bonchev–Trinajstić information content (AvgIpc) is 2.93. The molecule has 1 saturated carbocycles. The maximum Gasteiger partial charge on any atom is 0.0601 e. The fraction of sp³-hybridized carbons (Fsp3) is 0.882. The molecule has 2 saturated heterocycles. The fourth-order valence-electron chi connectivity index (χ4n) is 4.91. The molecule has 0 aromatic rings. The summed E-state index contributed by atoms with van der Waals surface area (Å²) in [6, 6.07) is 0.709. The summed E-state index contributed by atoms with van der Waals surface area (Å²) in [5.41, 5.74) is 0. The third kappa shape index (κ3) is 2.81. The zero-order chi connectivity index (χ0) is 14.1. The Morgan fingerprint density at radius 1 is 1.00 bits per heavy atom. The van der Waals surface area contributed by atoms with Crippen LogP contribution in [0.25, 0.3) is 0 Å². The van der Waals surface area contributed by atoms with Crippen molar-refractivity contribution in [3.05, 3.63) is 12.7 Å². The van der Waals surface area contributed by atoms with Crippen LogP contribution in [0.3, 0.4) is 0 Å².